The summed E-state index contributed by atoms with van der Waals surface area (Å²) >= 11 is 0. The van der Waals surface area contributed by atoms with Crippen LogP contribution < -0.4 is 19.1 Å². The highest BCUT2D eigenvalue weighted by atomic mass is 32.2. The lowest BCUT2D eigenvalue weighted by molar-refractivity contribution is -0.119. The monoisotopic (exact) mass is 603 g/mol. The van der Waals surface area contributed by atoms with Crippen LogP contribution in [0, 0.1) is 0 Å². The molecule has 13 heteroatoms. The van der Waals surface area contributed by atoms with Crippen LogP contribution in [-0.2, 0) is 29.6 Å². The number of sulfonamides is 2. The van der Waals surface area contributed by atoms with Crippen molar-refractivity contribution in [2.45, 2.75) is 16.7 Å². The van der Waals surface area contributed by atoms with E-state index in [0.29, 0.717) is 50.1 Å². The van der Waals surface area contributed by atoms with Gasteiger partial charge in [-0.25, -0.2) is 16.8 Å². The number of ether oxygens (including phenoxy) is 3. The predicted octanol–water partition coefficient (Wildman–Crippen LogP) is 2.50. The number of carbonyl (C=O) groups excluding carboxylic acids is 1. The van der Waals surface area contributed by atoms with Gasteiger partial charge in [0.1, 0.15) is 24.7 Å². The number of carbonyl (C=O) groups is 1. The molecule has 0 saturated carbocycles. The summed E-state index contributed by atoms with van der Waals surface area (Å²) in [5.74, 6) is 0.465. The van der Waals surface area contributed by atoms with Gasteiger partial charge in [-0.2, -0.15) is 4.31 Å². The van der Waals surface area contributed by atoms with Crippen molar-refractivity contribution in [1.82, 2.24) is 9.62 Å². The first-order chi connectivity index (χ1) is 19.7. The number of anilines is 1. The number of para-hydroxylation sites is 1. The van der Waals surface area contributed by atoms with Gasteiger partial charge in [-0.15, -0.1) is 0 Å². The van der Waals surface area contributed by atoms with Gasteiger partial charge in [0.05, 0.1) is 41.8 Å². The molecular weight excluding hydrogens is 570 g/mol. The Morgan fingerprint density at radius 3 is 2.05 bits per heavy atom. The quantitative estimate of drug-likeness (QED) is 0.295. The van der Waals surface area contributed by atoms with Gasteiger partial charge in [0, 0.05) is 13.1 Å². The molecule has 1 N–H and O–H groups in total. The van der Waals surface area contributed by atoms with E-state index in [9.17, 15) is 21.6 Å². The van der Waals surface area contributed by atoms with Crippen LogP contribution in [0.15, 0.2) is 88.7 Å². The second kappa shape index (κ2) is 13.8. The van der Waals surface area contributed by atoms with Gasteiger partial charge in [0.2, 0.25) is 15.9 Å². The van der Waals surface area contributed by atoms with E-state index in [1.807, 2.05) is 6.92 Å². The molecule has 11 nitrogen and oxygen atoms in total. The van der Waals surface area contributed by atoms with Crippen molar-refractivity contribution in [1.29, 1.82) is 0 Å². The molecule has 0 bridgehead atoms. The van der Waals surface area contributed by atoms with Crippen molar-refractivity contribution in [3.8, 4) is 11.5 Å². The van der Waals surface area contributed by atoms with Crippen LogP contribution in [0.1, 0.15) is 6.92 Å². The molecule has 1 aliphatic rings. The minimum absolute atomic E-state index is 0.0278. The molecule has 0 aliphatic carbocycles. The zero-order valence-corrected chi connectivity index (χ0v) is 24.3. The van der Waals surface area contributed by atoms with E-state index in [2.05, 4.69) is 5.32 Å². The van der Waals surface area contributed by atoms with Gasteiger partial charge in [-0.3, -0.25) is 9.10 Å². The van der Waals surface area contributed by atoms with Gasteiger partial charge < -0.3 is 19.5 Å². The Hall–Kier alpha value is -3.65. The zero-order chi connectivity index (χ0) is 29.3. The van der Waals surface area contributed by atoms with Crippen molar-refractivity contribution in [3.63, 3.8) is 0 Å². The summed E-state index contributed by atoms with van der Waals surface area (Å²) in [5, 5.41) is 2.68. The maximum atomic E-state index is 13.5. The van der Waals surface area contributed by atoms with E-state index in [-0.39, 0.29) is 22.9 Å². The van der Waals surface area contributed by atoms with Gasteiger partial charge >= 0.3 is 0 Å². The number of morpholine rings is 1. The van der Waals surface area contributed by atoms with Crippen molar-refractivity contribution < 1.29 is 35.8 Å². The maximum Gasteiger partial charge on any atom is 0.264 e. The molecule has 1 fully saturated rings. The number of nitrogens with one attached hydrogen (secondary N) is 1. The molecule has 41 heavy (non-hydrogen) atoms. The van der Waals surface area contributed by atoms with E-state index in [1.54, 1.807) is 54.6 Å². The van der Waals surface area contributed by atoms with Crippen molar-refractivity contribution in [2.24, 2.45) is 0 Å². The molecule has 0 atom stereocenters. The summed E-state index contributed by atoms with van der Waals surface area (Å²) in [6.45, 7) is 3.40. The first-order valence-electron chi connectivity index (χ1n) is 13.1. The van der Waals surface area contributed by atoms with Gasteiger partial charge in [0.15, 0.2) is 0 Å². The molecule has 3 aromatic carbocycles. The Morgan fingerprint density at radius 1 is 0.854 bits per heavy atom. The predicted molar refractivity (Wildman–Crippen MR) is 153 cm³/mol. The lowest BCUT2D eigenvalue weighted by Crippen LogP contribution is -2.41. The topological polar surface area (TPSA) is 132 Å². The summed E-state index contributed by atoms with van der Waals surface area (Å²) < 4.78 is 71.2. The highest BCUT2D eigenvalue weighted by Gasteiger charge is 2.28. The molecule has 0 spiro atoms. The fraction of sp³-hybridized carbons (Fsp3) is 0.321. The minimum Gasteiger partial charge on any atom is -0.494 e. The third-order valence-corrected chi connectivity index (χ3v) is 9.88. The van der Waals surface area contributed by atoms with Gasteiger partial charge in [-0.05, 0) is 67.6 Å². The van der Waals surface area contributed by atoms with Crippen LogP contribution in [0.5, 0.6) is 11.5 Å². The standard InChI is InChI=1S/C28H33N3O8S2/c1-2-38-24-8-14-27(15-9-24)41(35,36)31(23-6-4-3-5-7-23)22-28(32)29-16-19-39-25-10-12-26(13-11-25)40(33,34)30-17-20-37-21-18-30/h3-15H,2,16-22H2,1H3,(H,29,32). The first kappa shape index (κ1) is 30.3. The van der Waals surface area contributed by atoms with Crippen LogP contribution in [0.4, 0.5) is 5.69 Å². The number of rotatable bonds is 13. The molecule has 1 aliphatic heterocycles. The van der Waals surface area contributed by atoms with Crippen molar-refractivity contribution in [2.75, 3.05) is 56.9 Å². The van der Waals surface area contributed by atoms with E-state index in [1.165, 1.54) is 28.6 Å². The normalized spacial score (nSPS) is 14.3. The second-order valence-corrected chi connectivity index (χ2v) is 12.7. The lowest BCUT2D eigenvalue weighted by Gasteiger charge is -2.26. The summed E-state index contributed by atoms with van der Waals surface area (Å²) in [7, 11) is -7.66. The molecule has 1 saturated heterocycles. The Morgan fingerprint density at radius 2 is 1.44 bits per heavy atom. The number of amides is 1. The Kier molecular flexibility index (Phi) is 10.2. The molecule has 220 valence electrons. The largest absolute Gasteiger partial charge is 0.494 e. The smallest absolute Gasteiger partial charge is 0.264 e. The van der Waals surface area contributed by atoms with Crippen molar-refractivity contribution in [3.05, 3.63) is 78.9 Å². The number of nitrogens with zero attached hydrogens (tertiary/aromatic N) is 2. The molecule has 0 radical (unpaired) electrons. The Balaban J connectivity index is 1.34. The fourth-order valence-corrected chi connectivity index (χ4v) is 6.93. The van der Waals surface area contributed by atoms with Crippen LogP contribution in [0.2, 0.25) is 0 Å². The molecule has 3 aromatic rings. The Labute approximate surface area is 240 Å². The summed E-state index contributed by atoms with van der Waals surface area (Å²) in [4.78, 5) is 13.0. The molecule has 1 heterocycles. The highest BCUT2D eigenvalue weighted by molar-refractivity contribution is 7.92. The van der Waals surface area contributed by atoms with Crippen LogP contribution >= 0.6 is 0 Å². The number of hydrogen-bond acceptors (Lipinski definition) is 8. The van der Waals surface area contributed by atoms with Crippen molar-refractivity contribution >= 4 is 31.6 Å². The molecule has 1 amide bonds. The third kappa shape index (κ3) is 7.76. The summed E-state index contributed by atoms with van der Waals surface area (Å²) in [6.07, 6.45) is 0. The minimum atomic E-state index is -4.05. The Bertz CT molecular complexity index is 1490. The van der Waals surface area contributed by atoms with E-state index in [0.717, 1.165) is 4.31 Å². The van der Waals surface area contributed by atoms with E-state index < -0.39 is 32.5 Å². The molecule has 4 rings (SSSR count). The van der Waals surface area contributed by atoms with Gasteiger partial charge in [0.25, 0.3) is 10.0 Å². The van der Waals surface area contributed by atoms with Crippen LogP contribution in [-0.4, -0.2) is 79.7 Å². The maximum absolute atomic E-state index is 13.5. The van der Waals surface area contributed by atoms with E-state index in [4.69, 9.17) is 14.2 Å². The first-order valence-corrected chi connectivity index (χ1v) is 16.0. The number of hydrogen-bond donors (Lipinski definition) is 1. The second-order valence-electron chi connectivity index (χ2n) is 8.94. The van der Waals surface area contributed by atoms with E-state index >= 15 is 0 Å². The van der Waals surface area contributed by atoms with Gasteiger partial charge in [-0.1, -0.05) is 18.2 Å². The average Bonchev–Trinajstić information content (AvgIpc) is 2.99. The van der Waals surface area contributed by atoms with Crippen LogP contribution in [0.3, 0.4) is 0 Å². The zero-order valence-electron chi connectivity index (χ0n) is 22.6. The van der Waals surface area contributed by atoms with Crippen LogP contribution in [0.25, 0.3) is 0 Å². The molecular formula is C28H33N3O8S2. The molecule has 0 aromatic heterocycles. The summed E-state index contributed by atoms with van der Waals surface area (Å²) in [6, 6.07) is 20.5. The highest BCUT2D eigenvalue weighted by Crippen LogP contribution is 2.25. The average molecular weight is 604 g/mol. The summed E-state index contributed by atoms with van der Waals surface area (Å²) in [5.41, 5.74) is 0.347. The number of benzene rings is 3. The third-order valence-electron chi connectivity index (χ3n) is 6.18. The fourth-order valence-electron chi connectivity index (χ4n) is 4.10. The SMILES string of the molecule is CCOc1ccc(S(=O)(=O)N(CC(=O)NCCOc2ccc(S(=O)(=O)N3CCOCC3)cc2)c2ccccc2)cc1. The molecule has 0 unspecified atom stereocenters. The lowest BCUT2D eigenvalue weighted by atomic mass is 10.3.